The van der Waals surface area contributed by atoms with Gasteiger partial charge in [-0.25, -0.2) is 13.2 Å². The van der Waals surface area contributed by atoms with Crippen LogP contribution in [0.5, 0.6) is 0 Å². The first kappa shape index (κ1) is 17.8. The van der Waals surface area contributed by atoms with Crippen molar-refractivity contribution < 1.29 is 18.0 Å². The molecule has 6 heteroatoms. The number of benzene rings is 1. The van der Waals surface area contributed by atoms with E-state index in [0.717, 1.165) is 26.3 Å². The Balaban J connectivity index is 2.18. The molecule has 3 nitrogen and oxygen atoms in total. The largest absolute Gasteiger partial charge is 0.351 e. The molecule has 23 heavy (non-hydrogen) atoms. The summed E-state index contributed by atoms with van der Waals surface area (Å²) in [5.74, 6) is -3.22. The maximum Gasteiger partial charge on any atom is 0.270 e. The van der Waals surface area contributed by atoms with Gasteiger partial charge >= 0.3 is 0 Å². The Kier molecular flexibility index (Phi) is 5.04. The van der Waals surface area contributed by atoms with Crippen LogP contribution in [0.3, 0.4) is 0 Å². The van der Waals surface area contributed by atoms with Crippen molar-refractivity contribution in [3.63, 3.8) is 0 Å². The molecule has 1 saturated heterocycles. The van der Waals surface area contributed by atoms with Gasteiger partial charge in [0.05, 0.1) is 6.04 Å². The zero-order valence-corrected chi connectivity index (χ0v) is 13.7. The van der Waals surface area contributed by atoms with Gasteiger partial charge in [-0.15, -0.1) is 0 Å². The molecular weight excluding hydrogens is 305 g/mol. The molecule has 0 bridgehead atoms. The van der Waals surface area contributed by atoms with E-state index in [1.54, 1.807) is 0 Å². The normalized spacial score (nSPS) is 19.0. The molecule has 1 fully saturated rings. The molecule has 0 spiro atoms. The van der Waals surface area contributed by atoms with Crippen LogP contribution in [0.2, 0.25) is 0 Å². The van der Waals surface area contributed by atoms with E-state index in [-0.39, 0.29) is 29.6 Å². The summed E-state index contributed by atoms with van der Waals surface area (Å²) >= 11 is 0. The number of carbonyl (C=O) groups excluding carboxylic acids is 1. The fourth-order valence-electron chi connectivity index (χ4n) is 2.61. The Morgan fingerprint density at radius 1 is 1.22 bits per heavy atom. The van der Waals surface area contributed by atoms with Gasteiger partial charge in [0.15, 0.2) is 0 Å². The summed E-state index contributed by atoms with van der Waals surface area (Å²) in [5, 5.41) is 5.80. The number of alkyl halides is 3. The van der Waals surface area contributed by atoms with Crippen LogP contribution in [-0.2, 0) is 22.9 Å². The van der Waals surface area contributed by atoms with Gasteiger partial charge in [0.2, 0.25) is 5.91 Å². The molecule has 1 aromatic rings. The van der Waals surface area contributed by atoms with Crippen LogP contribution in [0, 0.1) is 0 Å². The number of halogens is 3. The van der Waals surface area contributed by atoms with Crippen molar-refractivity contribution in [2.24, 2.45) is 0 Å². The van der Waals surface area contributed by atoms with Crippen molar-refractivity contribution in [3.05, 3.63) is 34.9 Å². The zero-order valence-electron chi connectivity index (χ0n) is 13.7. The summed E-state index contributed by atoms with van der Waals surface area (Å²) in [4.78, 5) is 12.0. The lowest BCUT2D eigenvalue weighted by molar-refractivity contribution is -0.122. The molecule has 0 aliphatic carbocycles. The van der Waals surface area contributed by atoms with E-state index < -0.39 is 11.6 Å². The van der Waals surface area contributed by atoms with Crippen molar-refractivity contribution in [3.8, 4) is 0 Å². The first-order chi connectivity index (χ1) is 10.6. The molecular formula is C17H23F3N2O. The van der Waals surface area contributed by atoms with Crippen molar-refractivity contribution in [2.45, 2.75) is 57.8 Å². The Labute approximate surface area is 134 Å². The third kappa shape index (κ3) is 4.70. The average molecular weight is 328 g/mol. The lowest BCUT2D eigenvalue weighted by atomic mass is 9.93. The van der Waals surface area contributed by atoms with E-state index in [4.69, 9.17) is 0 Å². The Morgan fingerprint density at radius 2 is 1.87 bits per heavy atom. The van der Waals surface area contributed by atoms with Crippen LogP contribution in [0.1, 0.15) is 50.3 Å². The fourth-order valence-corrected chi connectivity index (χ4v) is 2.61. The average Bonchev–Trinajstić information content (AvgIpc) is 2.96. The third-order valence-electron chi connectivity index (χ3n) is 4.03. The SMILES string of the molecule is CC(C)(F)c1cc(CNC(=O)C2CCCN2)cc(C(C)(F)F)c1. The molecule has 1 aliphatic heterocycles. The molecule has 1 amide bonds. The van der Waals surface area contributed by atoms with Crippen LogP contribution in [0.25, 0.3) is 0 Å². The Morgan fingerprint density at radius 3 is 2.39 bits per heavy atom. The van der Waals surface area contributed by atoms with E-state index >= 15 is 0 Å². The Bertz CT molecular complexity index is 538. The number of carbonyl (C=O) groups is 1. The summed E-state index contributed by atoms with van der Waals surface area (Å²) in [6.07, 6.45) is 1.71. The molecule has 2 N–H and O–H groups in total. The minimum Gasteiger partial charge on any atom is -0.351 e. The molecule has 1 aromatic carbocycles. The van der Waals surface area contributed by atoms with Gasteiger partial charge in [0, 0.05) is 19.0 Å². The minimum atomic E-state index is -3.06. The van der Waals surface area contributed by atoms with Gasteiger partial charge in [-0.2, -0.15) is 0 Å². The van der Waals surface area contributed by atoms with Crippen LogP contribution in [0.4, 0.5) is 13.2 Å². The third-order valence-corrected chi connectivity index (χ3v) is 4.03. The smallest absolute Gasteiger partial charge is 0.270 e. The van der Waals surface area contributed by atoms with Gasteiger partial charge in [-0.3, -0.25) is 4.79 Å². The van der Waals surface area contributed by atoms with Crippen LogP contribution in [0.15, 0.2) is 18.2 Å². The van der Waals surface area contributed by atoms with Crippen molar-refractivity contribution in [2.75, 3.05) is 6.54 Å². The topological polar surface area (TPSA) is 41.1 Å². The highest BCUT2D eigenvalue weighted by molar-refractivity contribution is 5.81. The molecule has 128 valence electrons. The van der Waals surface area contributed by atoms with E-state index in [1.807, 2.05) is 0 Å². The number of rotatable bonds is 5. The van der Waals surface area contributed by atoms with Gasteiger partial charge in [0.25, 0.3) is 5.92 Å². The molecule has 1 atom stereocenters. The lowest BCUT2D eigenvalue weighted by Gasteiger charge is -2.20. The molecule has 2 rings (SSSR count). The first-order valence-electron chi connectivity index (χ1n) is 7.80. The Hall–Kier alpha value is -1.56. The second-order valence-electron chi connectivity index (χ2n) is 6.65. The molecule has 0 radical (unpaired) electrons. The standard InChI is InChI=1S/C17H23F3N2O/c1-16(2,18)12-7-11(8-13(9-12)17(3,19)20)10-22-15(23)14-5-4-6-21-14/h7-9,14,21H,4-6,10H2,1-3H3,(H,22,23). The van der Waals surface area contributed by atoms with Crippen LogP contribution < -0.4 is 10.6 Å². The first-order valence-corrected chi connectivity index (χ1v) is 7.80. The van der Waals surface area contributed by atoms with E-state index in [0.29, 0.717) is 5.56 Å². The molecule has 1 unspecified atom stereocenters. The molecule has 0 aromatic heterocycles. The van der Waals surface area contributed by atoms with Crippen LogP contribution >= 0.6 is 0 Å². The quantitative estimate of drug-likeness (QED) is 0.870. The van der Waals surface area contributed by atoms with E-state index in [1.165, 1.54) is 32.0 Å². The second kappa shape index (κ2) is 6.51. The molecule has 1 aliphatic rings. The predicted octanol–water partition coefficient (Wildman–Crippen LogP) is 3.37. The summed E-state index contributed by atoms with van der Waals surface area (Å²) in [6, 6.07) is 3.79. The maximum atomic E-state index is 14.2. The maximum absolute atomic E-state index is 14.2. The summed E-state index contributed by atoms with van der Waals surface area (Å²) in [6.45, 7) is 4.33. The van der Waals surface area contributed by atoms with E-state index in [9.17, 15) is 18.0 Å². The van der Waals surface area contributed by atoms with Gasteiger partial charge < -0.3 is 10.6 Å². The van der Waals surface area contributed by atoms with Crippen molar-refractivity contribution in [1.29, 1.82) is 0 Å². The molecule has 0 saturated carbocycles. The molecule has 1 heterocycles. The summed E-state index contributed by atoms with van der Waals surface area (Å²) in [7, 11) is 0. The minimum absolute atomic E-state index is 0.101. The number of hydrogen-bond donors (Lipinski definition) is 2. The van der Waals surface area contributed by atoms with Crippen molar-refractivity contribution in [1.82, 2.24) is 10.6 Å². The monoisotopic (exact) mass is 328 g/mol. The number of nitrogens with one attached hydrogen (secondary N) is 2. The summed E-state index contributed by atoms with van der Waals surface area (Å²) in [5.41, 5.74) is -1.33. The number of hydrogen-bond acceptors (Lipinski definition) is 2. The zero-order chi connectivity index (χ0) is 17.3. The van der Waals surface area contributed by atoms with Gasteiger partial charge in [0.1, 0.15) is 5.67 Å². The number of amides is 1. The highest BCUT2D eigenvalue weighted by Crippen LogP contribution is 2.33. The lowest BCUT2D eigenvalue weighted by Crippen LogP contribution is -2.40. The highest BCUT2D eigenvalue weighted by Gasteiger charge is 2.29. The summed E-state index contributed by atoms with van der Waals surface area (Å²) < 4.78 is 41.4. The van der Waals surface area contributed by atoms with Gasteiger partial charge in [-0.05, 0) is 56.5 Å². The second-order valence-corrected chi connectivity index (χ2v) is 6.65. The van der Waals surface area contributed by atoms with Gasteiger partial charge in [-0.1, -0.05) is 6.07 Å². The fraction of sp³-hybridized carbons (Fsp3) is 0.588. The van der Waals surface area contributed by atoms with Crippen LogP contribution in [-0.4, -0.2) is 18.5 Å². The predicted molar refractivity (Wildman–Crippen MR) is 83.0 cm³/mol. The highest BCUT2D eigenvalue weighted by atomic mass is 19.3. The van der Waals surface area contributed by atoms with E-state index in [2.05, 4.69) is 10.6 Å². The van der Waals surface area contributed by atoms with Crippen molar-refractivity contribution >= 4 is 5.91 Å².